The number of rotatable bonds is 3. The number of sulfone groups is 1. The molecule has 0 heterocycles. The molecule has 72 valence electrons. The first-order valence-corrected chi connectivity index (χ1v) is 5.17. The van der Waals surface area contributed by atoms with Gasteiger partial charge in [-0.1, -0.05) is 18.2 Å². The molecule has 0 aliphatic carbocycles. The van der Waals surface area contributed by atoms with Crippen molar-refractivity contribution >= 4 is 15.8 Å². The molecule has 0 fully saturated rings. The zero-order chi connectivity index (χ0) is 9.90. The van der Waals surface area contributed by atoms with Gasteiger partial charge in [-0.05, 0) is 12.1 Å². The summed E-state index contributed by atoms with van der Waals surface area (Å²) in [5.41, 5.74) is 0. The summed E-state index contributed by atoms with van der Waals surface area (Å²) in [6.45, 7) is 0. The van der Waals surface area contributed by atoms with E-state index in [0.29, 0.717) is 0 Å². The standard InChI is InChI=1S/C8H8O4S.Zn/c9-8(10)6-13(11,12)7-4-2-1-3-5-7;/h1-5H,6H2,(H,9,10);. The molecule has 4 nitrogen and oxygen atoms in total. The fourth-order valence-corrected chi connectivity index (χ4v) is 1.94. The Hall–Kier alpha value is -0.737. The topological polar surface area (TPSA) is 71.4 Å². The molecule has 0 aliphatic rings. The van der Waals surface area contributed by atoms with Crippen LogP contribution in [0.3, 0.4) is 0 Å². The fourth-order valence-electron chi connectivity index (χ4n) is 0.874. The average Bonchev–Trinajstić information content (AvgIpc) is 2.04. The second-order valence-corrected chi connectivity index (χ2v) is 4.46. The predicted octanol–water partition coefficient (Wildman–Crippen LogP) is 0.542. The third-order valence-corrected chi connectivity index (χ3v) is 3.03. The van der Waals surface area contributed by atoms with Gasteiger partial charge in [0.05, 0.1) is 4.90 Å². The molecule has 0 aromatic heterocycles. The van der Waals surface area contributed by atoms with Crippen LogP contribution in [0.25, 0.3) is 0 Å². The van der Waals surface area contributed by atoms with E-state index < -0.39 is 21.6 Å². The van der Waals surface area contributed by atoms with Crippen molar-refractivity contribution < 1.29 is 37.8 Å². The Morgan fingerprint density at radius 1 is 1.21 bits per heavy atom. The van der Waals surface area contributed by atoms with Gasteiger partial charge in [0.1, 0.15) is 0 Å². The molecular weight excluding hydrogens is 258 g/mol. The molecule has 0 saturated heterocycles. The average molecular weight is 266 g/mol. The second-order valence-electron chi connectivity index (χ2n) is 2.47. The summed E-state index contributed by atoms with van der Waals surface area (Å²) in [5.74, 6) is -2.21. The quantitative estimate of drug-likeness (QED) is 0.810. The van der Waals surface area contributed by atoms with Crippen molar-refractivity contribution in [3.63, 3.8) is 0 Å². The van der Waals surface area contributed by atoms with Gasteiger partial charge < -0.3 is 5.11 Å². The van der Waals surface area contributed by atoms with Crippen LogP contribution >= 0.6 is 0 Å². The normalized spacial score (nSPS) is 10.3. The third-order valence-electron chi connectivity index (χ3n) is 1.42. The predicted molar refractivity (Wildman–Crippen MR) is 46.1 cm³/mol. The Labute approximate surface area is 94.6 Å². The zero-order valence-electron chi connectivity index (χ0n) is 7.38. The molecule has 1 rings (SSSR count). The first kappa shape index (κ1) is 13.3. The van der Waals surface area contributed by atoms with Crippen LogP contribution in [0.1, 0.15) is 0 Å². The Balaban J connectivity index is 0.00000169. The Bertz CT molecular complexity index is 399. The minimum Gasteiger partial charge on any atom is -0.480 e. The molecule has 0 bridgehead atoms. The Morgan fingerprint density at radius 3 is 2.14 bits per heavy atom. The summed E-state index contributed by atoms with van der Waals surface area (Å²) in [6, 6.07) is 7.51. The van der Waals surface area contributed by atoms with Gasteiger partial charge in [0.15, 0.2) is 15.6 Å². The number of carboxylic acids is 1. The van der Waals surface area contributed by atoms with E-state index in [4.69, 9.17) is 5.11 Å². The van der Waals surface area contributed by atoms with Crippen molar-refractivity contribution in [3.05, 3.63) is 30.3 Å². The van der Waals surface area contributed by atoms with Crippen LogP contribution in [0.5, 0.6) is 0 Å². The molecule has 0 radical (unpaired) electrons. The molecule has 0 aliphatic heterocycles. The Kier molecular flexibility index (Phi) is 4.95. The van der Waals surface area contributed by atoms with Gasteiger partial charge in [-0.3, -0.25) is 4.79 Å². The second kappa shape index (κ2) is 5.22. The molecule has 1 aromatic rings. The fraction of sp³-hybridized carbons (Fsp3) is 0.125. The van der Waals surface area contributed by atoms with Gasteiger partial charge in [-0.15, -0.1) is 0 Å². The van der Waals surface area contributed by atoms with E-state index in [9.17, 15) is 13.2 Å². The van der Waals surface area contributed by atoms with Crippen molar-refractivity contribution in [2.24, 2.45) is 0 Å². The van der Waals surface area contributed by atoms with Gasteiger partial charge in [0.25, 0.3) is 0 Å². The van der Waals surface area contributed by atoms with Crippen molar-refractivity contribution in [2.75, 3.05) is 5.75 Å². The van der Waals surface area contributed by atoms with Gasteiger partial charge in [0, 0.05) is 19.5 Å². The molecule has 14 heavy (non-hydrogen) atoms. The first-order valence-electron chi connectivity index (χ1n) is 3.52. The van der Waals surface area contributed by atoms with E-state index in [0.717, 1.165) is 0 Å². The van der Waals surface area contributed by atoms with E-state index in [1.807, 2.05) is 0 Å². The van der Waals surface area contributed by atoms with E-state index in [-0.39, 0.29) is 24.4 Å². The van der Waals surface area contributed by atoms with Crippen LogP contribution in [-0.2, 0) is 34.1 Å². The number of carbonyl (C=O) groups is 1. The van der Waals surface area contributed by atoms with E-state index in [1.165, 1.54) is 12.1 Å². The van der Waals surface area contributed by atoms with Gasteiger partial charge in [-0.2, -0.15) is 0 Å². The SMILES string of the molecule is O=C(O)CS(=O)(=O)c1ccccc1.[Zn]. The van der Waals surface area contributed by atoms with Gasteiger partial charge >= 0.3 is 5.97 Å². The minimum atomic E-state index is -3.66. The summed E-state index contributed by atoms with van der Waals surface area (Å²) in [5, 5.41) is 8.33. The molecule has 1 aromatic carbocycles. The zero-order valence-corrected chi connectivity index (χ0v) is 11.2. The molecule has 0 spiro atoms. The molecule has 0 atom stereocenters. The monoisotopic (exact) mass is 264 g/mol. The van der Waals surface area contributed by atoms with Crippen LogP contribution in [0, 0.1) is 0 Å². The number of carboxylic acid groups (broad SMARTS) is 1. The van der Waals surface area contributed by atoms with Crippen molar-refractivity contribution in [2.45, 2.75) is 4.90 Å². The molecule has 0 unspecified atom stereocenters. The van der Waals surface area contributed by atoms with Crippen LogP contribution < -0.4 is 0 Å². The maximum absolute atomic E-state index is 11.3. The minimum absolute atomic E-state index is 0. The van der Waals surface area contributed by atoms with Gasteiger partial charge in [-0.25, -0.2) is 8.42 Å². The first-order chi connectivity index (χ1) is 6.02. The maximum atomic E-state index is 11.3. The van der Waals surface area contributed by atoms with Crippen LogP contribution in [0.15, 0.2) is 35.2 Å². The number of hydrogen-bond donors (Lipinski definition) is 1. The van der Waals surface area contributed by atoms with Crippen LogP contribution in [0.2, 0.25) is 0 Å². The van der Waals surface area contributed by atoms with Crippen LogP contribution in [-0.4, -0.2) is 25.2 Å². The third kappa shape index (κ3) is 3.56. The van der Waals surface area contributed by atoms with Crippen LogP contribution in [0.4, 0.5) is 0 Å². The maximum Gasteiger partial charge on any atom is 0.319 e. The smallest absolute Gasteiger partial charge is 0.319 e. The van der Waals surface area contributed by atoms with Gasteiger partial charge in [0.2, 0.25) is 0 Å². The van der Waals surface area contributed by atoms with Crippen molar-refractivity contribution in [3.8, 4) is 0 Å². The number of hydrogen-bond acceptors (Lipinski definition) is 3. The van der Waals surface area contributed by atoms with E-state index in [1.54, 1.807) is 18.2 Å². The number of aliphatic carboxylic acids is 1. The largest absolute Gasteiger partial charge is 0.480 e. The number of benzene rings is 1. The van der Waals surface area contributed by atoms with Crippen molar-refractivity contribution in [1.82, 2.24) is 0 Å². The molecule has 0 amide bonds. The van der Waals surface area contributed by atoms with E-state index >= 15 is 0 Å². The Morgan fingerprint density at radius 2 is 1.71 bits per heavy atom. The molecule has 1 N–H and O–H groups in total. The van der Waals surface area contributed by atoms with E-state index in [2.05, 4.69) is 0 Å². The molecule has 0 saturated carbocycles. The summed E-state index contributed by atoms with van der Waals surface area (Å²) in [4.78, 5) is 10.2. The summed E-state index contributed by atoms with van der Waals surface area (Å²) >= 11 is 0. The summed E-state index contributed by atoms with van der Waals surface area (Å²) in [6.07, 6.45) is 0. The summed E-state index contributed by atoms with van der Waals surface area (Å²) < 4.78 is 22.5. The molecular formula is C8H8O4SZn. The van der Waals surface area contributed by atoms with Crippen molar-refractivity contribution in [1.29, 1.82) is 0 Å². The summed E-state index contributed by atoms with van der Waals surface area (Å²) in [7, 11) is -3.66. The molecule has 6 heteroatoms.